The number of aliphatic hydroxyl groups is 3. The van der Waals surface area contributed by atoms with E-state index in [-0.39, 0.29) is 27.8 Å². The second-order valence-electron chi connectivity index (χ2n) is 9.16. The van der Waals surface area contributed by atoms with Crippen LogP contribution in [-0.4, -0.2) is 69.8 Å². The van der Waals surface area contributed by atoms with E-state index < -0.39 is 72.1 Å². The molecule has 1 fully saturated rings. The summed E-state index contributed by atoms with van der Waals surface area (Å²) in [5.74, 6) is -4.94. The van der Waals surface area contributed by atoms with E-state index in [1.807, 2.05) is 0 Å². The molecule has 0 aliphatic carbocycles. The minimum atomic E-state index is -4.93. The number of aromatic nitrogens is 6. The molecule has 4 aromatic rings. The monoisotopic (exact) mass is 604 g/mol. The summed E-state index contributed by atoms with van der Waals surface area (Å²) in [6, 6.07) is 0.970. The molecule has 0 spiro atoms. The highest BCUT2D eigenvalue weighted by Crippen LogP contribution is 2.40. The van der Waals surface area contributed by atoms with E-state index in [0.29, 0.717) is 0 Å². The summed E-state index contributed by atoms with van der Waals surface area (Å²) >= 11 is 5.92. The third kappa shape index (κ3) is 5.28. The van der Waals surface area contributed by atoms with Gasteiger partial charge >= 0.3 is 6.18 Å². The molecule has 218 valence electrons. The van der Waals surface area contributed by atoms with Crippen molar-refractivity contribution in [1.29, 1.82) is 0 Å². The van der Waals surface area contributed by atoms with Gasteiger partial charge in [0.25, 0.3) is 0 Å². The first kappa shape index (κ1) is 28.9. The van der Waals surface area contributed by atoms with Crippen molar-refractivity contribution in [1.82, 2.24) is 29.5 Å². The average molecular weight is 605 g/mol. The van der Waals surface area contributed by atoms with Crippen LogP contribution in [0.25, 0.3) is 16.8 Å². The zero-order valence-corrected chi connectivity index (χ0v) is 21.4. The maximum absolute atomic E-state index is 13.8. The summed E-state index contributed by atoms with van der Waals surface area (Å²) in [5.41, 5.74) is -2.02. The molecule has 1 aliphatic rings. The standard InChI is InChI=1S/C24H19ClF6N6O4/c1-9-34-23(37(35-9)15-4-12(25)6-32-22(15)24(29,30)31)21-20(40)18(19(39)16(8-38)41-21)36-7-11(5-33-36)10-2-13(26)17(28)14(27)3-10/h2-7,16,18-21,38-40H,8H2,1H3/t16?,18?,19-,20-,21+/m0/s1. The maximum atomic E-state index is 13.8. The Hall–Kier alpha value is -3.57. The number of rotatable bonds is 5. The number of aryl methyl sites for hydroxylation is 1. The first-order valence-electron chi connectivity index (χ1n) is 11.8. The number of nitrogens with zero attached hydrogens (tertiary/aromatic N) is 6. The number of hydrogen-bond acceptors (Lipinski definition) is 8. The zero-order valence-electron chi connectivity index (χ0n) is 20.6. The highest BCUT2D eigenvalue weighted by molar-refractivity contribution is 6.30. The van der Waals surface area contributed by atoms with Crippen LogP contribution in [0.15, 0.2) is 36.8 Å². The third-order valence-corrected chi connectivity index (χ3v) is 6.65. The van der Waals surface area contributed by atoms with Gasteiger partial charge in [0.1, 0.15) is 36.3 Å². The van der Waals surface area contributed by atoms with Gasteiger partial charge in [0.15, 0.2) is 29.0 Å². The molecular formula is C24H19ClF6N6O4. The maximum Gasteiger partial charge on any atom is 0.435 e. The molecule has 1 aromatic carbocycles. The van der Waals surface area contributed by atoms with E-state index in [4.69, 9.17) is 16.3 Å². The summed E-state index contributed by atoms with van der Waals surface area (Å²) in [6.45, 7) is 0.583. The van der Waals surface area contributed by atoms with Crippen LogP contribution in [-0.2, 0) is 10.9 Å². The minimum absolute atomic E-state index is 0.0196. The van der Waals surface area contributed by atoms with Crippen molar-refractivity contribution in [2.45, 2.75) is 43.6 Å². The predicted molar refractivity (Wildman–Crippen MR) is 127 cm³/mol. The van der Waals surface area contributed by atoms with Crippen LogP contribution >= 0.6 is 11.6 Å². The quantitative estimate of drug-likeness (QED) is 0.234. The Morgan fingerprint density at radius 2 is 1.71 bits per heavy atom. The van der Waals surface area contributed by atoms with Crippen LogP contribution in [0.5, 0.6) is 0 Å². The number of pyridine rings is 1. The molecular weight excluding hydrogens is 586 g/mol. The number of halogens is 7. The molecule has 4 heterocycles. The fourth-order valence-corrected chi connectivity index (χ4v) is 4.75. The highest BCUT2D eigenvalue weighted by Gasteiger charge is 2.49. The van der Waals surface area contributed by atoms with Crippen molar-refractivity contribution in [2.75, 3.05) is 6.61 Å². The normalized spacial score (nSPS) is 23.2. The topological polar surface area (TPSA) is 131 Å². The summed E-state index contributed by atoms with van der Waals surface area (Å²) in [4.78, 5) is 7.51. The third-order valence-electron chi connectivity index (χ3n) is 6.44. The molecule has 0 radical (unpaired) electrons. The fraction of sp³-hybridized carbons (Fsp3) is 0.333. The first-order valence-corrected chi connectivity index (χ1v) is 12.2. The van der Waals surface area contributed by atoms with Crippen molar-refractivity contribution < 1.29 is 46.4 Å². The summed E-state index contributed by atoms with van der Waals surface area (Å²) in [6.07, 6.45) is -8.20. The second-order valence-corrected chi connectivity index (χ2v) is 9.60. The van der Waals surface area contributed by atoms with Gasteiger partial charge in [-0.3, -0.25) is 4.68 Å². The molecule has 41 heavy (non-hydrogen) atoms. The molecule has 10 nitrogen and oxygen atoms in total. The number of aliphatic hydroxyl groups excluding tert-OH is 3. The Balaban J connectivity index is 1.58. The Kier molecular flexibility index (Phi) is 7.54. The Labute approximate surface area is 231 Å². The summed E-state index contributed by atoms with van der Waals surface area (Å²) < 4.78 is 89.8. The number of benzene rings is 1. The number of hydrogen-bond donors (Lipinski definition) is 3. The minimum Gasteiger partial charge on any atom is -0.394 e. The molecule has 1 saturated heterocycles. The van der Waals surface area contributed by atoms with Crippen molar-refractivity contribution in [2.24, 2.45) is 0 Å². The Bertz CT molecular complexity index is 1570. The van der Waals surface area contributed by atoms with Crippen molar-refractivity contribution >= 4 is 11.6 Å². The van der Waals surface area contributed by atoms with E-state index in [1.165, 1.54) is 13.1 Å². The smallest absolute Gasteiger partial charge is 0.394 e. The highest BCUT2D eigenvalue weighted by atomic mass is 35.5. The van der Waals surface area contributed by atoms with Crippen LogP contribution in [0, 0.1) is 24.4 Å². The Morgan fingerprint density at radius 3 is 2.34 bits per heavy atom. The summed E-state index contributed by atoms with van der Waals surface area (Å²) in [5, 5.41) is 40.0. The van der Waals surface area contributed by atoms with Crippen LogP contribution in [0.2, 0.25) is 5.02 Å². The average Bonchev–Trinajstić information content (AvgIpc) is 3.53. The molecule has 0 bridgehead atoms. The number of ether oxygens (including phenoxy) is 1. The van der Waals surface area contributed by atoms with Crippen LogP contribution in [0.3, 0.4) is 0 Å². The van der Waals surface area contributed by atoms with E-state index >= 15 is 0 Å². The second kappa shape index (κ2) is 10.7. The molecule has 2 unspecified atom stereocenters. The van der Waals surface area contributed by atoms with E-state index in [2.05, 4.69) is 20.2 Å². The lowest BCUT2D eigenvalue weighted by Gasteiger charge is -2.41. The fourth-order valence-electron chi connectivity index (χ4n) is 4.60. The van der Waals surface area contributed by atoms with Crippen LogP contribution in [0.1, 0.15) is 29.5 Å². The molecule has 1 aliphatic heterocycles. The Morgan fingerprint density at radius 1 is 1.02 bits per heavy atom. The molecule has 17 heteroatoms. The van der Waals surface area contributed by atoms with E-state index in [9.17, 15) is 41.7 Å². The SMILES string of the molecule is Cc1nc([C@@H]2OC(CO)[C@H](O)C(n3cc(-c4cc(F)c(F)c(F)c4)cn3)[C@@H]2O)n(-c2cc(Cl)cnc2C(F)(F)F)n1. The first-order chi connectivity index (χ1) is 19.3. The van der Waals surface area contributed by atoms with Gasteiger partial charge in [-0.1, -0.05) is 11.6 Å². The van der Waals surface area contributed by atoms with Gasteiger partial charge in [-0.15, -0.1) is 0 Å². The molecule has 3 N–H and O–H groups in total. The molecule has 0 saturated carbocycles. The lowest BCUT2D eigenvalue weighted by atomic mass is 9.92. The van der Waals surface area contributed by atoms with Gasteiger partial charge < -0.3 is 20.1 Å². The van der Waals surface area contributed by atoms with Crippen molar-refractivity contribution in [3.05, 3.63) is 76.6 Å². The molecule has 5 rings (SSSR count). The van der Waals surface area contributed by atoms with Crippen molar-refractivity contribution in [3.63, 3.8) is 0 Å². The molecule has 3 aromatic heterocycles. The molecule has 5 atom stereocenters. The molecule has 0 amide bonds. The lowest BCUT2D eigenvalue weighted by molar-refractivity contribution is -0.210. The lowest BCUT2D eigenvalue weighted by Crippen LogP contribution is -2.53. The van der Waals surface area contributed by atoms with Gasteiger partial charge in [0, 0.05) is 18.0 Å². The van der Waals surface area contributed by atoms with E-state index in [1.54, 1.807) is 0 Å². The summed E-state index contributed by atoms with van der Waals surface area (Å²) in [7, 11) is 0. The van der Waals surface area contributed by atoms with Gasteiger partial charge in [-0.25, -0.2) is 27.8 Å². The van der Waals surface area contributed by atoms with Gasteiger partial charge in [0.2, 0.25) is 0 Å². The number of alkyl halides is 3. The van der Waals surface area contributed by atoms with Crippen LogP contribution < -0.4 is 0 Å². The van der Waals surface area contributed by atoms with Gasteiger partial charge in [-0.05, 0) is 30.7 Å². The van der Waals surface area contributed by atoms with Gasteiger partial charge in [-0.2, -0.15) is 23.4 Å². The largest absolute Gasteiger partial charge is 0.435 e. The zero-order chi connectivity index (χ0) is 29.8. The predicted octanol–water partition coefficient (Wildman–Crippen LogP) is 3.32. The van der Waals surface area contributed by atoms with Crippen LogP contribution in [0.4, 0.5) is 26.3 Å². The van der Waals surface area contributed by atoms with Gasteiger partial charge in [0.05, 0.1) is 23.5 Å². The van der Waals surface area contributed by atoms with Crippen molar-refractivity contribution in [3.8, 4) is 16.8 Å². The van der Waals surface area contributed by atoms with E-state index in [0.717, 1.165) is 40.0 Å².